The second-order valence-corrected chi connectivity index (χ2v) is 4.02. The molecular formula is C13H21NO. The minimum Gasteiger partial charge on any atom is -0.496 e. The molecule has 0 atom stereocenters. The van der Waals surface area contributed by atoms with E-state index in [4.69, 9.17) is 10.5 Å². The molecule has 0 bridgehead atoms. The molecule has 2 N–H and O–H groups in total. The summed E-state index contributed by atoms with van der Waals surface area (Å²) in [5.74, 6) is 0.987. The Morgan fingerprint density at radius 1 is 1.20 bits per heavy atom. The van der Waals surface area contributed by atoms with E-state index in [1.54, 1.807) is 7.11 Å². The summed E-state index contributed by atoms with van der Waals surface area (Å²) >= 11 is 0. The van der Waals surface area contributed by atoms with Gasteiger partial charge in [-0.05, 0) is 68.5 Å². The van der Waals surface area contributed by atoms with Crippen molar-refractivity contribution in [2.45, 2.75) is 33.6 Å². The van der Waals surface area contributed by atoms with Crippen LogP contribution < -0.4 is 10.5 Å². The van der Waals surface area contributed by atoms with E-state index in [-0.39, 0.29) is 0 Å². The number of aryl methyl sites for hydroxylation is 1. The summed E-state index contributed by atoms with van der Waals surface area (Å²) in [6, 6.07) is 2.12. The van der Waals surface area contributed by atoms with E-state index in [1.165, 1.54) is 22.3 Å². The third-order valence-corrected chi connectivity index (χ3v) is 3.06. The van der Waals surface area contributed by atoms with Gasteiger partial charge in [0.1, 0.15) is 5.75 Å². The summed E-state index contributed by atoms with van der Waals surface area (Å²) < 4.78 is 5.34. The average Bonchev–Trinajstić information content (AvgIpc) is 2.23. The van der Waals surface area contributed by atoms with Gasteiger partial charge in [-0.1, -0.05) is 0 Å². The molecule has 1 aromatic rings. The third-order valence-electron chi connectivity index (χ3n) is 3.06. The Morgan fingerprint density at radius 2 is 1.87 bits per heavy atom. The first-order chi connectivity index (χ1) is 7.11. The second kappa shape index (κ2) is 5.17. The number of nitrogens with two attached hydrogens (primary N) is 1. The van der Waals surface area contributed by atoms with Gasteiger partial charge in [0, 0.05) is 0 Å². The topological polar surface area (TPSA) is 35.2 Å². The maximum absolute atomic E-state index is 5.55. The molecular weight excluding hydrogens is 186 g/mol. The fraction of sp³-hybridized carbons (Fsp3) is 0.538. The molecule has 2 heteroatoms. The van der Waals surface area contributed by atoms with E-state index < -0.39 is 0 Å². The Bertz CT molecular complexity index is 345. The fourth-order valence-electron chi connectivity index (χ4n) is 1.97. The highest BCUT2D eigenvalue weighted by Gasteiger charge is 2.09. The molecule has 0 radical (unpaired) electrons. The largest absolute Gasteiger partial charge is 0.496 e. The Balaban J connectivity index is 3.11. The van der Waals surface area contributed by atoms with Crippen molar-refractivity contribution < 1.29 is 4.74 Å². The highest BCUT2D eigenvalue weighted by molar-refractivity contribution is 5.48. The van der Waals surface area contributed by atoms with Gasteiger partial charge in [0.05, 0.1) is 7.11 Å². The number of ether oxygens (including phenoxy) is 1. The van der Waals surface area contributed by atoms with Crippen LogP contribution in [-0.4, -0.2) is 13.7 Å². The van der Waals surface area contributed by atoms with Crippen LogP contribution in [0.1, 0.15) is 28.7 Å². The van der Waals surface area contributed by atoms with Gasteiger partial charge in [0.2, 0.25) is 0 Å². The van der Waals surface area contributed by atoms with Gasteiger partial charge in [0.25, 0.3) is 0 Å². The minimum atomic E-state index is 0.754. The lowest BCUT2D eigenvalue weighted by molar-refractivity contribution is 0.410. The molecule has 0 aromatic heterocycles. The number of methoxy groups -OCH3 is 1. The quantitative estimate of drug-likeness (QED) is 0.823. The molecule has 0 aliphatic rings. The van der Waals surface area contributed by atoms with Gasteiger partial charge >= 0.3 is 0 Å². The molecule has 0 saturated carbocycles. The SMILES string of the molecule is COc1cc(C)c(CCCN)c(C)c1C. The van der Waals surface area contributed by atoms with Gasteiger partial charge in [-0.25, -0.2) is 0 Å². The van der Waals surface area contributed by atoms with E-state index in [0.717, 1.165) is 25.1 Å². The van der Waals surface area contributed by atoms with Gasteiger partial charge in [0.15, 0.2) is 0 Å². The summed E-state index contributed by atoms with van der Waals surface area (Å²) in [5, 5.41) is 0. The highest BCUT2D eigenvalue weighted by Crippen LogP contribution is 2.27. The average molecular weight is 207 g/mol. The minimum absolute atomic E-state index is 0.754. The molecule has 84 valence electrons. The van der Waals surface area contributed by atoms with Crippen molar-refractivity contribution in [3.05, 3.63) is 28.3 Å². The van der Waals surface area contributed by atoms with E-state index in [2.05, 4.69) is 26.8 Å². The number of rotatable bonds is 4. The molecule has 1 rings (SSSR count). The Kier molecular flexibility index (Phi) is 4.15. The molecule has 0 saturated heterocycles. The van der Waals surface area contributed by atoms with Crippen LogP contribution in [0.4, 0.5) is 0 Å². The third kappa shape index (κ3) is 2.51. The van der Waals surface area contributed by atoms with Gasteiger partial charge in [-0.3, -0.25) is 0 Å². The summed E-state index contributed by atoms with van der Waals surface area (Å²) in [4.78, 5) is 0. The first-order valence-corrected chi connectivity index (χ1v) is 5.45. The van der Waals surface area contributed by atoms with Crippen LogP contribution in [0.15, 0.2) is 6.07 Å². The van der Waals surface area contributed by atoms with Crippen molar-refractivity contribution in [3.8, 4) is 5.75 Å². The Labute approximate surface area is 92.4 Å². The second-order valence-electron chi connectivity index (χ2n) is 4.02. The molecule has 15 heavy (non-hydrogen) atoms. The fourth-order valence-corrected chi connectivity index (χ4v) is 1.97. The zero-order valence-corrected chi connectivity index (χ0v) is 10.2. The Hall–Kier alpha value is -1.02. The normalized spacial score (nSPS) is 10.5. The number of benzene rings is 1. The molecule has 2 nitrogen and oxygen atoms in total. The van der Waals surface area contributed by atoms with Crippen LogP contribution in [0, 0.1) is 20.8 Å². The van der Waals surface area contributed by atoms with E-state index >= 15 is 0 Å². The summed E-state index contributed by atoms with van der Waals surface area (Å²) in [6.07, 6.45) is 2.12. The first-order valence-electron chi connectivity index (χ1n) is 5.45. The predicted molar refractivity (Wildman–Crippen MR) is 64.6 cm³/mol. The Morgan fingerprint density at radius 3 is 2.40 bits per heavy atom. The summed E-state index contributed by atoms with van der Waals surface area (Å²) in [6.45, 7) is 7.17. The van der Waals surface area contributed by atoms with Crippen molar-refractivity contribution in [1.29, 1.82) is 0 Å². The maximum atomic E-state index is 5.55. The monoisotopic (exact) mass is 207 g/mol. The molecule has 0 heterocycles. The van der Waals surface area contributed by atoms with E-state index in [9.17, 15) is 0 Å². The smallest absolute Gasteiger partial charge is 0.122 e. The lowest BCUT2D eigenvalue weighted by Gasteiger charge is -2.15. The lowest BCUT2D eigenvalue weighted by Crippen LogP contribution is -2.04. The van der Waals surface area contributed by atoms with Crippen LogP contribution in [0.5, 0.6) is 5.75 Å². The van der Waals surface area contributed by atoms with Crippen LogP contribution in [0.3, 0.4) is 0 Å². The number of hydrogen-bond acceptors (Lipinski definition) is 2. The molecule has 0 fully saturated rings. The first kappa shape index (κ1) is 12.1. The van der Waals surface area contributed by atoms with Gasteiger partial charge in [-0.15, -0.1) is 0 Å². The molecule has 0 aliphatic carbocycles. The van der Waals surface area contributed by atoms with Gasteiger partial charge in [-0.2, -0.15) is 0 Å². The highest BCUT2D eigenvalue weighted by atomic mass is 16.5. The van der Waals surface area contributed by atoms with E-state index in [0.29, 0.717) is 0 Å². The molecule has 0 spiro atoms. The van der Waals surface area contributed by atoms with Crippen molar-refractivity contribution in [2.75, 3.05) is 13.7 Å². The lowest BCUT2D eigenvalue weighted by atomic mass is 9.94. The van der Waals surface area contributed by atoms with Crippen molar-refractivity contribution in [2.24, 2.45) is 5.73 Å². The predicted octanol–water partition coefficient (Wildman–Crippen LogP) is 2.51. The van der Waals surface area contributed by atoms with Crippen molar-refractivity contribution >= 4 is 0 Å². The van der Waals surface area contributed by atoms with Crippen LogP contribution >= 0.6 is 0 Å². The summed E-state index contributed by atoms with van der Waals surface area (Å²) in [5.41, 5.74) is 10.9. The van der Waals surface area contributed by atoms with Gasteiger partial charge < -0.3 is 10.5 Å². The van der Waals surface area contributed by atoms with Crippen LogP contribution in [0.25, 0.3) is 0 Å². The van der Waals surface area contributed by atoms with Crippen molar-refractivity contribution in [1.82, 2.24) is 0 Å². The van der Waals surface area contributed by atoms with Crippen LogP contribution in [0.2, 0.25) is 0 Å². The zero-order valence-electron chi connectivity index (χ0n) is 10.2. The van der Waals surface area contributed by atoms with E-state index in [1.807, 2.05) is 0 Å². The molecule has 0 aliphatic heterocycles. The molecule has 0 amide bonds. The van der Waals surface area contributed by atoms with Crippen molar-refractivity contribution in [3.63, 3.8) is 0 Å². The molecule has 1 aromatic carbocycles. The zero-order chi connectivity index (χ0) is 11.4. The number of hydrogen-bond donors (Lipinski definition) is 1. The summed E-state index contributed by atoms with van der Waals surface area (Å²) in [7, 11) is 1.72. The maximum Gasteiger partial charge on any atom is 0.122 e. The van der Waals surface area contributed by atoms with Crippen LogP contribution in [-0.2, 0) is 6.42 Å². The standard InChI is InChI=1S/C13H21NO/c1-9-8-13(15-4)11(3)10(2)12(9)6-5-7-14/h8H,5-7,14H2,1-4H3. The molecule has 0 unspecified atom stereocenters.